The number of aliphatic carboxylic acids is 1. The maximum absolute atomic E-state index is 14.7. The Balaban J connectivity index is 0.000000423. The van der Waals surface area contributed by atoms with E-state index < -0.39 is 23.9 Å². The fourth-order valence-corrected chi connectivity index (χ4v) is 2.94. The number of pyridine rings is 1. The monoisotopic (exact) mass is 437 g/mol. The first-order chi connectivity index (χ1) is 14.4. The van der Waals surface area contributed by atoms with Gasteiger partial charge in [0.2, 0.25) is 0 Å². The van der Waals surface area contributed by atoms with E-state index in [4.69, 9.17) is 15.6 Å². The summed E-state index contributed by atoms with van der Waals surface area (Å²) in [4.78, 5) is 27.9. The molecule has 0 aliphatic carbocycles. The van der Waals surface area contributed by atoms with Crippen molar-refractivity contribution in [3.05, 3.63) is 70.4 Å². The van der Waals surface area contributed by atoms with Crippen LogP contribution in [-0.4, -0.2) is 33.1 Å². The van der Waals surface area contributed by atoms with E-state index >= 15 is 0 Å². The normalized spacial score (nSPS) is 11.0. The number of benzene rings is 1. The minimum Gasteiger partial charge on any atom is -0.475 e. The van der Waals surface area contributed by atoms with E-state index in [9.17, 15) is 22.4 Å². The molecule has 3 aromatic rings. The lowest BCUT2D eigenvalue weighted by molar-refractivity contribution is -0.192. The molecule has 0 unspecified atom stereocenters. The Kier molecular flexibility index (Phi) is 6.84. The van der Waals surface area contributed by atoms with Crippen LogP contribution in [0.2, 0.25) is 0 Å². The van der Waals surface area contributed by atoms with Crippen LogP contribution in [0, 0.1) is 19.7 Å². The minimum atomic E-state index is -5.08. The summed E-state index contributed by atoms with van der Waals surface area (Å²) in [6.07, 6.45) is -1.34. The number of H-pyrrole nitrogens is 1. The number of primary amides is 1. The van der Waals surface area contributed by atoms with Crippen LogP contribution in [0.4, 0.5) is 17.6 Å². The third-order valence-electron chi connectivity index (χ3n) is 4.58. The number of carboxylic acid groups (broad SMARTS) is 1. The molecule has 0 aliphatic rings. The largest absolute Gasteiger partial charge is 0.490 e. The number of halogens is 4. The highest BCUT2D eigenvalue weighted by atomic mass is 19.4. The van der Waals surface area contributed by atoms with Gasteiger partial charge in [0.25, 0.3) is 5.91 Å². The molecule has 0 atom stereocenters. The molecule has 0 fully saturated rings. The molecule has 4 N–H and O–H groups in total. The average molecular weight is 437 g/mol. The maximum atomic E-state index is 14.7. The molecule has 31 heavy (non-hydrogen) atoms. The molecule has 10 heteroatoms. The number of nitrogens with one attached hydrogen (secondary N) is 1. The summed E-state index contributed by atoms with van der Waals surface area (Å²) in [6.45, 7) is 7.46. The molecule has 6 nitrogen and oxygen atoms in total. The van der Waals surface area contributed by atoms with Crippen LogP contribution in [0.1, 0.15) is 38.4 Å². The highest BCUT2D eigenvalue weighted by Crippen LogP contribution is 2.31. The number of nitrogens with zero attached hydrogens (tertiary/aromatic N) is 1. The second kappa shape index (κ2) is 8.99. The number of nitrogens with two attached hydrogens (primary N) is 1. The van der Waals surface area contributed by atoms with Gasteiger partial charge in [-0.25, -0.2) is 9.18 Å². The second-order valence-corrected chi connectivity index (χ2v) is 6.65. The minimum absolute atomic E-state index is 0.169. The lowest BCUT2D eigenvalue weighted by atomic mass is 9.96. The van der Waals surface area contributed by atoms with Gasteiger partial charge in [-0.1, -0.05) is 12.6 Å². The van der Waals surface area contributed by atoms with Crippen molar-refractivity contribution in [2.45, 2.75) is 26.4 Å². The number of carbonyl (C=O) groups excluding carboxylic acids is 1. The van der Waals surface area contributed by atoms with Crippen LogP contribution in [0.3, 0.4) is 0 Å². The number of fused-ring (bicyclic) bond motifs is 1. The molecule has 0 saturated carbocycles. The van der Waals surface area contributed by atoms with Gasteiger partial charge in [0.15, 0.2) is 0 Å². The standard InChI is InChI=1S/C19H18FN3O.C2HF3O2/c1-4-13-6-5-12(9-22-13)7-14-16(20)8-15(19(21)24)18-17(14)10(2)11(3)23-18;3-2(4,5)1(6)7/h4-6,8-9,23H,1,7H2,2-3H3,(H2,21,24);(H,6,7). The molecule has 0 radical (unpaired) electrons. The number of hydrogen-bond acceptors (Lipinski definition) is 3. The van der Waals surface area contributed by atoms with Crippen LogP contribution in [0.5, 0.6) is 0 Å². The summed E-state index contributed by atoms with van der Waals surface area (Å²) in [5, 5.41) is 7.84. The summed E-state index contributed by atoms with van der Waals surface area (Å²) in [5.74, 6) is -3.85. The van der Waals surface area contributed by atoms with Gasteiger partial charge in [-0.3, -0.25) is 9.78 Å². The predicted molar refractivity (Wildman–Crippen MR) is 107 cm³/mol. The van der Waals surface area contributed by atoms with E-state index in [0.29, 0.717) is 22.9 Å². The molecule has 0 saturated heterocycles. The van der Waals surface area contributed by atoms with Crippen LogP contribution < -0.4 is 5.73 Å². The van der Waals surface area contributed by atoms with Gasteiger partial charge >= 0.3 is 12.1 Å². The fraction of sp³-hybridized carbons (Fsp3) is 0.190. The fourth-order valence-electron chi connectivity index (χ4n) is 2.94. The lowest BCUT2D eigenvalue weighted by Crippen LogP contribution is -2.21. The summed E-state index contributed by atoms with van der Waals surface area (Å²) in [6, 6.07) is 4.94. The average Bonchev–Trinajstić information content (AvgIpc) is 2.98. The zero-order chi connectivity index (χ0) is 23.5. The highest BCUT2D eigenvalue weighted by Gasteiger charge is 2.38. The third-order valence-corrected chi connectivity index (χ3v) is 4.58. The number of carboxylic acids is 1. The van der Waals surface area contributed by atoms with Crippen molar-refractivity contribution in [1.82, 2.24) is 9.97 Å². The lowest BCUT2D eigenvalue weighted by Gasteiger charge is -2.09. The molecular formula is C21H19F4N3O3. The quantitative estimate of drug-likeness (QED) is 0.529. The number of amides is 1. The van der Waals surface area contributed by atoms with Gasteiger partial charge in [-0.05, 0) is 43.2 Å². The highest BCUT2D eigenvalue weighted by molar-refractivity contribution is 6.07. The Morgan fingerprint density at radius 2 is 1.90 bits per heavy atom. The molecule has 0 aliphatic heterocycles. The first-order valence-electron chi connectivity index (χ1n) is 8.84. The molecule has 1 amide bonds. The predicted octanol–water partition coefficient (Wildman–Crippen LogP) is 4.28. The first-order valence-corrected chi connectivity index (χ1v) is 8.84. The summed E-state index contributed by atoms with van der Waals surface area (Å²) in [7, 11) is 0. The van der Waals surface area contributed by atoms with Crippen LogP contribution in [-0.2, 0) is 11.2 Å². The molecule has 0 bridgehead atoms. The zero-order valence-corrected chi connectivity index (χ0v) is 16.6. The number of carbonyl (C=O) groups is 2. The van der Waals surface area contributed by atoms with Gasteiger partial charge in [0.1, 0.15) is 5.82 Å². The van der Waals surface area contributed by atoms with Crippen molar-refractivity contribution in [3.63, 3.8) is 0 Å². The molecule has 164 valence electrons. The van der Waals surface area contributed by atoms with Crippen molar-refractivity contribution >= 4 is 28.9 Å². The van der Waals surface area contributed by atoms with E-state index in [1.54, 1.807) is 12.3 Å². The van der Waals surface area contributed by atoms with E-state index in [2.05, 4.69) is 16.5 Å². The molecule has 2 aromatic heterocycles. The van der Waals surface area contributed by atoms with Crippen LogP contribution >= 0.6 is 0 Å². The summed E-state index contributed by atoms with van der Waals surface area (Å²) < 4.78 is 46.4. The van der Waals surface area contributed by atoms with Crippen LogP contribution in [0.25, 0.3) is 17.0 Å². The Morgan fingerprint density at radius 3 is 2.35 bits per heavy atom. The number of alkyl halides is 3. The van der Waals surface area contributed by atoms with Gasteiger partial charge in [0, 0.05) is 29.3 Å². The second-order valence-electron chi connectivity index (χ2n) is 6.65. The Bertz CT molecular complexity index is 1150. The van der Waals surface area contributed by atoms with Gasteiger partial charge in [0.05, 0.1) is 16.8 Å². The first kappa shape index (κ1) is 23.6. The number of aryl methyl sites for hydroxylation is 2. The van der Waals surface area contributed by atoms with E-state index in [-0.39, 0.29) is 5.56 Å². The Hall–Kier alpha value is -3.69. The van der Waals surface area contributed by atoms with E-state index in [0.717, 1.165) is 22.5 Å². The van der Waals surface area contributed by atoms with Gasteiger partial charge in [-0.2, -0.15) is 13.2 Å². The van der Waals surface area contributed by atoms with Crippen molar-refractivity contribution < 1.29 is 32.3 Å². The summed E-state index contributed by atoms with van der Waals surface area (Å²) in [5.41, 5.74) is 10.1. The van der Waals surface area contributed by atoms with Gasteiger partial charge in [-0.15, -0.1) is 0 Å². The maximum Gasteiger partial charge on any atom is 0.490 e. The van der Waals surface area contributed by atoms with Crippen molar-refractivity contribution in [3.8, 4) is 0 Å². The molecule has 1 aromatic carbocycles. The topological polar surface area (TPSA) is 109 Å². The Morgan fingerprint density at radius 1 is 1.29 bits per heavy atom. The molecular weight excluding hydrogens is 418 g/mol. The number of rotatable bonds is 4. The van der Waals surface area contributed by atoms with E-state index in [1.165, 1.54) is 6.07 Å². The van der Waals surface area contributed by atoms with Crippen LogP contribution in [0.15, 0.2) is 31.0 Å². The third kappa shape index (κ3) is 5.27. The Labute approximate surface area is 174 Å². The molecule has 0 spiro atoms. The number of aromatic amines is 1. The van der Waals surface area contributed by atoms with E-state index in [1.807, 2.05) is 26.0 Å². The molecule has 2 heterocycles. The zero-order valence-electron chi connectivity index (χ0n) is 16.6. The summed E-state index contributed by atoms with van der Waals surface area (Å²) >= 11 is 0. The van der Waals surface area contributed by atoms with Gasteiger partial charge < -0.3 is 15.8 Å². The van der Waals surface area contributed by atoms with Crippen molar-refractivity contribution in [1.29, 1.82) is 0 Å². The van der Waals surface area contributed by atoms with Crippen molar-refractivity contribution in [2.24, 2.45) is 5.73 Å². The number of hydrogen-bond donors (Lipinski definition) is 3. The smallest absolute Gasteiger partial charge is 0.475 e. The molecule has 3 rings (SSSR count). The van der Waals surface area contributed by atoms with Crippen molar-refractivity contribution in [2.75, 3.05) is 0 Å². The number of aromatic nitrogens is 2. The SMILES string of the molecule is C=Cc1ccc(Cc2c(F)cc(C(N)=O)c3[nH]c(C)c(C)c23)cn1.O=C(O)C(F)(F)F.